The number of carbonyl (C=O) groups excluding carboxylic acids is 1. The highest BCUT2D eigenvalue weighted by atomic mass is 16.4. The standard InChI is InChI=1S/C21H25N3O4/c1-13(25)6-8-23-7-2-3-15-11-24(12-19(15)23)16-5-4-14-9-17(21(27)28)20(26)22-18(14)10-16/h4-5,9-10,15,19H,2-3,6-8,11-12H2,1H3,(H,22,26)(H,27,28)/t15-,19+/m0/s1. The maximum absolute atomic E-state index is 12.0. The number of anilines is 1. The Morgan fingerprint density at radius 1 is 1.25 bits per heavy atom. The molecule has 0 aliphatic carbocycles. The fourth-order valence-electron chi connectivity index (χ4n) is 4.61. The lowest BCUT2D eigenvalue weighted by Crippen LogP contribution is -2.45. The number of ketones is 1. The van der Waals surface area contributed by atoms with Crippen molar-refractivity contribution in [2.75, 3.05) is 31.1 Å². The van der Waals surface area contributed by atoms with Crippen molar-refractivity contribution < 1.29 is 14.7 Å². The predicted molar refractivity (Wildman–Crippen MR) is 107 cm³/mol. The van der Waals surface area contributed by atoms with Gasteiger partial charge in [-0.05, 0) is 55.8 Å². The van der Waals surface area contributed by atoms with Gasteiger partial charge < -0.3 is 15.0 Å². The van der Waals surface area contributed by atoms with Gasteiger partial charge >= 0.3 is 5.97 Å². The first-order valence-electron chi connectivity index (χ1n) is 9.81. The van der Waals surface area contributed by atoms with E-state index in [4.69, 9.17) is 5.11 Å². The van der Waals surface area contributed by atoms with Crippen LogP contribution in [0.3, 0.4) is 0 Å². The number of carbonyl (C=O) groups is 2. The number of aromatic nitrogens is 1. The van der Waals surface area contributed by atoms with Gasteiger partial charge in [-0.1, -0.05) is 6.07 Å². The molecule has 7 nitrogen and oxygen atoms in total. The second-order valence-electron chi connectivity index (χ2n) is 7.95. The number of likely N-dealkylation sites (tertiary alicyclic amines) is 1. The van der Waals surface area contributed by atoms with Gasteiger partial charge in [0.15, 0.2) is 0 Å². The summed E-state index contributed by atoms with van der Waals surface area (Å²) in [5.74, 6) is -0.400. The van der Waals surface area contributed by atoms with Crippen LogP contribution in [0.4, 0.5) is 5.69 Å². The van der Waals surface area contributed by atoms with Gasteiger partial charge in [-0.2, -0.15) is 0 Å². The normalized spacial score (nSPS) is 22.4. The first-order valence-corrected chi connectivity index (χ1v) is 9.81. The Morgan fingerprint density at radius 3 is 2.82 bits per heavy atom. The van der Waals surface area contributed by atoms with E-state index in [1.54, 1.807) is 6.92 Å². The lowest BCUT2D eigenvalue weighted by atomic mass is 9.92. The predicted octanol–water partition coefficient (Wildman–Crippen LogP) is 2.11. The van der Waals surface area contributed by atoms with Crippen molar-refractivity contribution in [3.05, 3.63) is 40.2 Å². The molecule has 0 spiro atoms. The van der Waals surface area contributed by atoms with Crippen LogP contribution in [0.25, 0.3) is 10.9 Å². The first-order chi connectivity index (χ1) is 13.4. The summed E-state index contributed by atoms with van der Waals surface area (Å²) in [6.07, 6.45) is 2.96. The van der Waals surface area contributed by atoms with E-state index < -0.39 is 11.5 Å². The van der Waals surface area contributed by atoms with Gasteiger partial charge in [-0.25, -0.2) is 4.79 Å². The van der Waals surface area contributed by atoms with E-state index in [-0.39, 0.29) is 11.3 Å². The fraction of sp³-hybridized carbons (Fsp3) is 0.476. The van der Waals surface area contributed by atoms with Crippen LogP contribution in [-0.4, -0.2) is 59.0 Å². The largest absolute Gasteiger partial charge is 0.477 e. The molecule has 1 aromatic carbocycles. The molecule has 28 heavy (non-hydrogen) atoms. The molecule has 0 saturated carbocycles. The Labute approximate surface area is 162 Å². The van der Waals surface area contributed by atoms with E-state index in [1.165, 1.54) is 12.5 Å². The first kappa shape index (κ1) is 18.7. The highest BCUT2D eigenvalue weighted by Gasteiger charge is 2.38. The van der Waals surface area contributed by atoms with Crippen molar-refractivity contribution in [3.8, 4) is 0 Å². The highest BCUT2D eigenvalue weighted by Crippen LogP contribution is 2.34. The molecule has 7 heteroatoms. The zero-order chi connectivity index (χ0) is 19.8. The molecule has 2 atom stereocenters. The summed E-state index contributed by atoms with van der Waals surface area (Å²) in [5.41, 5.74) is 0.860. The second-order valence-corrected chi connectivity index (χ2v) is 7.95. The molecular weight excluding hydrogens is 358 g/mol. The average Bonchev–Trinajstić information content (AvgIpc) is 3.10. The number of Topliss-reactive ketones (excluding diaryl/α,β-unsaturated/α-hetero) is 1. The Kier molecular flexibility index (Phi) is 4.93. The number of aromatic amines is 1. The van der Waals surface area contributed by atoms with Crippen LogP contribution < -0.4 is 10.5 Å². The Bertz CT molecular complexity index is 983. The van der Waals surface area contributed by atoms with Crippen molar-refractivity contribution in [1.82, 2.24) is 9.88 Å². The fourth-order valence-corrected chi connectivity index (χ4v) is 4.61. The monoisotopic (exact) mass is 383 g/mol. The number of hydrogen-bond donors (Lipinski definition) is 2. The maximum Gasteiger partial charge on any atom is 0.341 e. The number of nitrogens with zero attached hydrogens (tertiary/aromatic N) is 2. The molecule has 2 saturated heterocycles. The van der Waals surface area contributed by atoms with E-state index in [9.17, 15) is 14.4 Å². The molecule has 2 aliphatic heterocycles. The maximum atomic E-state index is 12.0. The molecule has 0 unspecified atom stereocenters. The molecule has 0 amide bonds. The summed E-state index contributed by atoms with van der Waals surface area (Å²) in [7, 11) is 0. The minimum Gasteiger partial charge on any atom is -0.477 e. The Balaban J connectivity index is 1.57. The number of nitrogens with one attached hydrogen (secondary N) is 1. The van der Waals surface area contributed by atoms with Gasteiger partial charge in [-0.15, -0.1) is 0 Å². The number of aromatic carboxylic acids is 1. The highest BCUT2D eigenvalue weighted by molar-refractivity contribution is 5.93. The molecule has 2 aliphatic rings. The average molecular weight is 383 g/mol. The Morgan fingerprint density at radius 2 is 2.07 bits per heavy atom. The molecule has 0 radical (unpaired) electrons. The minimum absolute atomic E-state index is 0.233. The van der Waals surface area contributed by atoms with E-state index in [0.29, 0.717) is 29.3 Å². The number of H-pyrrole nitrogens is 1. The van der Waals surface area contributed by atoms with E-state index in [1.807, 2.05) is 18.2 Å². The van der Waals surface area contributed by atoms with E-state index in [0.717, 1.165) is 38.3 Å². The lowest BCUT2D eigenvalue weighted by Gasteiger charge is -2.36. The Hall–Kier alpha value is -2.67. The van der Waals surface area contributed by atoms with Gasteiger partial charge in [0.1, 0.15) is 11.3 Å². The van der Waals surface area contributed by atoms with Gasteiger partial charge in [0.2, 0.25) is 0 Å². The third-order valence-electron chi connectivity index (χ3n) is 6.07. The number of carboxylic acids is 1. The molecule has 148 valence electrons. The molecule has 0 bridgehead atoms. The van der Waals surface area contributed by atoms with Crippen molar-refractivity contribution in [1.29, 1.82) is 0 Å². The van der Waals surface area contributed by atoms with Crippen LogP contribution in [0.2, 0.25) is 0 Å². The van der Waals surface area contributed by atoms with E-state index >= 15 is 0 Å². The van der Waals surface area contributed by atoms with Crippen molar-refractivity contribution in [2.45, 2.75) is 32.2 Å². The number of pyridine rings is 1. The second kappa shape index (κ2) is 7.39. The topological polar surface area (TPSA) is 93.7 Å². The van der Waals surface area contributed by atoms with Crippen LogP contribution in [0.5, 0.6) is 0 Å². The number of piperidine rings is 1. The van der Waals surface area contributed by atoms with Crippen molar-refractivity contribution in [2.24, 2.45) is 5.92 Å². The molecule has 2 fully saturated rings. The van der Waals surface area contributed by atoms with Crippen molar-refractivity contribution in [3.63, 3.8) is 0 Å². The van der Waals surface area contributed by atoms with Crippen LogP contribution >= 0.6 is 0 Å². The third kappa shape index (κ3) is 3.54. The van der Waals surface area contributed by atoms with Gasteiger partial charge in [-0.3, -0.25) is 14.5 Å². The number of fused-ring (bicyclic) bond motifs is 2. The van der Waals surface area contributed by atoms with Gasteiger partial charge in [0, 0.05) is 37.8 Å². The van der Waals surface area contributed by atoms with Crippen LogP contribution in [0, 0.1) is 5.92 Å². The summed E-state index contributed by atoms with van der Waals surface area (Å²) in [6, 6.07) is 7.66. The van der Waals surface area contributed by atoms with Gasteiger partial charge in [0.25, 0.3) is 5.56 Å². The van der Waals surface area contributed by atoms with Gasteiger partial charge in [0.05, 0.1) is 5.52 Å². The summed E-state index contributed by atoms with van der Waals surface area (Å²) in [4.78, 5) is 42.0. The summed E-state index contributed by atoms with van der Waals surface area (Å²) in [5, 5.41) is 9.83. The van der Waals surface area contributed by atoms with E-state index in [2.05, 4.69) is 14.8 Å². The van der Waals surface area contributed by atoms with Crippen LogP contribution in [0.1, 0.15) is 36.5 Å². The van der Waals surface area contributed by atoms with Crippen LogP contribution in [-0.2, 0) is 4.79 Å². The quantitative estimate of drug-likeness (QED) is 0.821. The SMILES string of the molecule is CC(=O)CCN1CCC[C@H]2CN(c3ccc4cc(C(=O)O)c(=O)[nH]c4c3)C[C@H]21. The molecule has 2 N–H and O–H groups in total. The molecule has 2 aromatic rings. The van der Waals surface area contributed by atoms with Crippen molar-refractivity contribution >= 4 is 28.3 Å². The third-order valence-corrected chi connectivity index (χ3v) is 6.07. The smallest absolute Gasteiger partial charge is 0.341 e. The number of rotatable bonds is 5. The summed E-state index contributed by atoms with van der Waals surface area (Å²) < 4.78 is 0. The molecule has 4 rings (SSSR count). The number of hydrogen-bond acceptors (Lipinski definition) is 5. The lowest BCUT2D eigenvalue weighted by molar-refractivity contribution is -0.117. The zero-order valence-corrected chi connectivity index (χ0v) is 16.0. The minimum atomic E-state index is -1.22. The summed E-state index contributed by atoms with van der Waals surface area (Å²) in [6.45, 7) is 5.39. The van der Waals surface area contributed by atoms with Crippen LogP contribution in [0.15, 0.2) is 29.1 Å². The number of benzene rings is 1. The molecule has 3 heterocycles. The molecular formula is C21H25N3O4. The number of carboxylic acid groups (broad SMARTS) is 1. The molecule has 1 aromatic heterocycles. The summed E-state index contributed by atoms with van der Waals surface area (Å²) >= 11 is 0. The zero-order valence-electron chi connectivity index (χ0n) is 16.0.